The molecule has 0 saturated heterocycles. The molecule has 0 saturated carbocycles. The molecule has 0 unspecified atom stereocenters. The van der Waals surface area contributed by atoms with Gasteiger partial charge < -0.3 is 0 Å². The quantitative estimate of drug-likeness (QED) is 0.773. The summed E-state index contributed by atoms with van der Waals surface area (Å²) in [5.74, 6) is -0.167. The molecule has 1 aliphatic heterocycles. The number of hydrogen-bond acceptors (Lipinski definition) is 1. The van der Waals surface area contributed by atoms with Gasteiger partial charge in [0.05, 0.1) is 5.71 Å². The number of halogens is 1. The fourth-order valence-corrected chi connectivity index (χ4v) is 2.55. The van der Waals surface area contributed by atoms with E-state index in [1.807, 2.05) is 49.4 Å². The lowest BCUT2D eigenvalue weighted by atomic mass is 9.91. The molecular formula is C16H12ClNO. The summed E-state index contributed by atoms with van der Waals surface area (Å²) in [6.45, 7) is 2.02. The molecule has 0 fully saturated rings. The Bertz CT molecular complexity index is 704. The van der Waals surface area contributed by atoms with Crippen LogP contribution < -0.4 is 0 Å². The van der Waals surface area contributed by atoms with Crippen molar-refractivity contribution >= 4 is 23.2 Å². The fourth-order valence-electron chi connectivity index (χ4n) is 2.36. The van der Waals surface area contributed by atoms with Gasteiger partial charge in [0.1, 0.15) is 0 Å². The first-order chi connectivity index (χ1) is 9.15. The molecular weight excluding hydrogens is 258 g/mol. The van der Waals surface area contributed by atoms with Crippen LogP contribution in [0, 0.1) is 6.92 Å². The third-order valence-corrected chi connectivity index (χ3v) is 3.61. The van der Waals surface area contributed by atoms with Gasteiger partial charge in [-0.05, 0) is 41.8 Å². The van der Waals surface area contributed by atoms with Gasteiger partial charge in [-0.25, -0.2) is 4.99 Å². The topological polar surface area (TPSA) is 29.4 Å². The monoisotopic (exact) mass is 269 g/mol. The zero-order valence-corrected chi connectivity index (χ0v) is 11.2. The molecule has 0 aromatic heterocycles. The second kappa shape index (κ2) is 4.63. The minimum absolute atomic E-state index is 0.167. The van der Waals surface area contributed by atoms with Crippen molar-refractivity contribution < 1.29 is 4.79 Å². The van der Waals surface area contributed by atoms with Crippen LogP contribution in [0.5, 0.6) is 0 Å². The summed E-state index contributed by atoms with van der Waals surface area (Å²) in [4.78, 5) is 16.3. The molecule has 1 amide bonds. The second-order valence-electron chi connectivity index (χ2n) is 4.65. The molecule has 1 heterocycles. The Morgan fingerprint density at radius 2 is 1.95 bits per heavy atom. The SMILES string of the molecule is Cc1cccc2c1CC(c1cccc(Cl)c1)=NC2=O. The summed E-state index contributed by atoms with van der Waals surface area (Å²) in [5.41, 5.74) is 4.60. The van der Waals surface area contributed by atoms with E-state index in [0.29, 0.717) is 17.0 Å². The zero-order chi connectivity index (χ0) is 13.4. The average molecular weight is 270 g/mol. The van der Waals surface area contributed by atoms with E-state index in [2.05, 4.69) is 4.99 Å². The lowest BCUT2D eigenvalue weighted by Gasteiger charge is -2.17. The fraction of sp³-hybridized carbons (Fsp3) is 0.125. The van der Waals surface area contributed by atoms with Crippen molar-refractivity contribution in [1.82, 2.24) is 0 Å². The van der Waals surface area contributed by atoms with Gasteiger partial charge in [-0.1, -0.05) is 35.9 Å². The van der Waals surface area contributed by atoms with Crippen LogP contribution in [-0.4, -0.2) is 11.6 Å². The van der Waals surface area contributed by atoms with Gasteiger partial charge in [-0.3, -0.25) is 4.79 Å². The molecule has 2 aromatic rings. The lowest BCUT2D eigenvalue weighted by molar-refractivity contribution is 0.1000. The van der Waals surface area contributed by atoms with Crippen LogP contribution in [0.25, 0.3) is 0 Å². The van der Waals surface area contributed by atoms with Crippen molar-refractivity contribution in [3.8, 4) is 0 Å². The number of benzene rings is 2. The summed E-state index contributed by atoms with van der Waals surface area (Å²) in [6.07, 6.45) is 0.675. The Hall–Kier alpha value is -1.93. The number of aryl methyl sites for hydroxylation is 1. The Morgan fingerprint density at radius 1 is 1.16 bits per heavy atom. The van der Waals surface area contributed by atoms with Gasteiger partial charge in [0.25, 0.3) is 5.91 Å². The molecule has 2 nitrogen and oxygen atoms in total. The molecule has 0 bridgehead atoms. The normalized spacial score (nSPS) is 14.0. The predicted molar refractivity (Wildman–Crippen MR) is 77.2 cm³/mol. The maximum atomic E-state index is 12.1. The number of aliphatic imine (C=N–C) groups is 1. The van der Waals surface area contributed by atoms with E-state index in [1.54, 1.807) is 0 Å². The summed E-state index contributed by atoms with van der Waals surface area (Å²) in [5, 5.41) is 0.656. The van der Waals surface area contributed by atoms with Crippen molar-refractivity contribution in [3.05, 3.63) is 69.7 Å². The molecule has 3 rings (SSSR count). The molecule has 94 valence electrons. The van der Waals surface area contributed by atoms with Crippen LogP contribution in [0.2, 0.25) is 5.02 Å². The van der Waals surface area contributed by atoms with Crippen LogP contribution in [-0.2, 0) is 6.42 Å². The van der Waals surface area contributed by atoms with Crippen molar-refractivity contribution in [3.63, 3.8) is 0 Å². The smallest absolute Gasteiger partial charge is 0.267 e. The van der Waals surface area contributed by atoms with E-state index in [9.17, 15) is 4.79 Å². The number of fused-ring (bicyclic) bond motifs is 1. The average Bonchev–Trinajstić information content (AvgIpc) is 2.40. The van der Waals surface area contributed by atoms with E-state index < -0.39 is 0 Å². The second-order valence-corrected chi connectivity index (χ2v) is 5.09. The van der Waals surface area contributed by atoms with Gasteiger partial charge in [0.15, 0.2) is 0 Å². The molecule has 0 radical (unpaired) electrons. The molecule has 2 aromatic carbocycles. The minimum atomic E-state index is -0.167. The third-order valence-electron chi connectivity index (χ3n) is 3.38. The van der Waals surface area contributed by atoms with E-state index in [0.717, 1.165) is 22.4 Å². The highest BCUT2D eigenvalue weighted by atomic mass is 35.5. The summed E-state index contributed by atoms with van der Waals surface area (Å²) in [7, 11) is 0. The number of hydrogen-bond donors (Lipinski definition) is 0. The van der Waals surface area contributed by atoms with Crippen LogP contribution in [0.4, 0.5) is 0 Å². The van der Waals surface area contributed by atoms with Gasteiger partial charge >= 0.3 is 0 Å². The number of nitrogens with zero attached hydrogens (tertiary/aromatic N) is 1. The summed E-state index contributed by atoms with van der Waals surface area (Å²) >= 11 is 5.99. The van der Waals surface area contributed by atoms with Crippen molar-refractivity contribution in [2.45, 2.75) is 13.3 Å². The minimum Gasteiger partial charge on any atom is -0.267 e. The van der Waals surface area contributed by atoms with E-state index in [4.69, 9.17) is 11.6 Å². The van der Waals surface area contributed by atoms with E-state index in [-0.39, 0.29) is 5.91 Å². The number of carbonyl (C=O) groups excluding carboxylic acids is 1. The molecule has 0 N–H and O–H groups in total. The molecule has 0 aliphatic carbocycles. The van der Waals surface area contributed by atoms with Gasteiger partial charge in [-0.15, -0.1) is 0 Å². The maximum Gasteiger partial charge on any atom is 0.277 e. The molecule has 3 heteroatoms. The number of rotatable bonds is 1. The van der Waals surface area contributed by atoms with Crippen molar-refractivity contribution in [2.24, 2.45) is 4.99 Å². The first kappa shape index (κ1) is 12.1. The third kappa shape index (κ3) is 2.20. The first-order valence-corrected chi connectivity index (χ1v) is 6.49. The largest absolute Gasteiger partial charge is 0.277 e. The Kier molecular flexibility index (Phi) is 2.96. The lowest BCUT2D eigenvalue weighted by Crippen LogP contribution is -2.18. The van der Waals surface area contributed by atoms with Crippen LogP contribution in [0.3, 0.4) is 0 Å². The van der Waals surface area contributed by atoms with Crippen LogP contribution in [0.1, 0.15) is 27.0 Å². The summed E-state index contributed by atoms with van der Waals surface area (Å²) < 4.78 is 0. The highest BCUT2D eigenvalue weighted by Gasteiger charge is 2.21. The number of carbonyl (C=O) groups is 1. The van der Waals surface area contributed by atoms with Crippen molar-refractivity contribution in [1.29, 1.82) is 0 Å². The Morgan fingerprint density at radius 3 is 2.74 bits per heavy atom. The van der Waals surface area contributed by atoms with Gasteiger partial charge in [0, 0.05) is 17.0 Å². The first-order valence-electron chi connectivity index (χ1n) is 6.11. The standard InChI is InChI=1S/C16H12ClNO/c1-10-4-2-7-13-14(10)9-15(18-16(13)19)11-5-3-6-12(17)8-11/h2-8H,9H2,1H3. The van der Waals surface area contributed by atoms with Crippen molar-refractivity contribution in [2.75, 3.05) is 0 Å². The molecule has 1 aliphatic rings. The number of amides is 1. The summed E-state index contributed by atoms with van der Waals surface area (Å²) in [6, 6.07) is 13.2. The van der Waals surface area contributed by atoms with Gasteiger partial charge in [-0.2, -0.15) is 0 Å². The molecule has 19 heavy (non-hydrogen) atoms. The Labute approximate surface area is 116 Å². The highest BCUT2D eigenvalue weighted by molar-refractivity contribution is 6.31. The predicted octanol–water partition coefficient (Wildman–Crippen LogP) is 3.83. The van der Waals surface area contributed by atoms with E-state index in [1.165, 1.54) is 0 Å². The van der Waals surface area contributed by atoms with Crippen LogP contribution in [0.15, 0.2) is 47.5 Å². The van der Waals surface area contributed by atoms with Crippen LogP contribution >= 0.6 is 11.6 Å². The molecule has 0 atom stereocenters. The van der Waals surface area contributed by atoms with Gasteiger partial charge in [0.2, 0.25) is 0 Å². The Balaban J connectivity index is 2.08. The zero-order valence-electron chi connectivity index (χ0n) is 10.5. The highest BCUT2D eigenvalue weighted by Crippen LogP contribution is 2.23. The van der Waals surface area contributed by atoms with E-state index >= 15 is 0 Å². The maximum absolute atomic E-state index is 12.1. The molecule has 0 spiro atoms.